The van der Waals surface area contributed by atoms with Gasteiger partial charge in [-0.1, -0.05) is 18.2 Å². The van der Waals surface area contributed by atoms with Crippen LogP contribution in [0.3, 0.4) is 0 Å². The Kier molecular flexibility index (Phi) is 5.58. The molecule has 2 bridgehead atoms. The number of ether oxygens (including phenoxy) is 2. The predicted octanol–water partition coefficient (Wildman–Crippen LogP) is 4.46. The summed E-state index contributed by atoms with van der Waals surface area (Å²) in [6.45, 7) is 5.08. The van der Waals surface area contributed by atoms with Gasteiger partial charge in [-0.3, -0.25) is 4.79 Å². The van der Waals surface area contributed by atoms with Crippen molar-refractivity contribution in [3.8, 4) is 0 Å². The van der Waals surface area contributed by atoms with Crippen LogP contribution < -0.4 is 0 Å². The zero-order chi connectivity index (χ0) is 17.8. The molecule has 3 atom stereocenters. The van der Waals surface area contributed by atoms with Gasteiger partial charge in [-0.05, 0) is 55.6 Å². The van der Waals surface area contributed by atoms with Gasteiger partial charge in [-0.25, -0.2) is 0 Å². The number of hydrogen-bond acceptors (Lipinski definition) is 3. The SMILES string of the molecule is C=CCC1(C23C=CC(CC2)C3)C=C(OC)C(OC)=CC1.CC(=O)O. The third-order valence-electron chi connectivity index (χ3n) is 5.52. The van der Waals surface area contributed by atoms with Crippen LogP contribution in [0.25, 0.3) is 0 Å². The summed E-state index contributed by atoms with van der Waals surface area (Å²) < 4.78 is 11.0. The second kappa shape index (κ2) is 7.29. The molecule has 132 valence electrons. The molecule has 0 heterocycles. The van der Waals surface area contributed by atoms with Crippen molar-refractivity contribution in [2.45, 2.75) is 39.0 Å². The number of allylic oxidation sites excluding steroid dienone is 5. The van der Waals surface area contributed by atoms with E-state index >= 15 is 0 Å². The van der Waals surface area contributed by atoms with E-state index in [0.717, 1.165) is 37.2 Å². The van der Waals surface area contributed by atoms with E-state index in [9.17, 15) is 0 Å². The topological polar surface area (TPSA) is 55.8 Å². The number of methoxy groups -OCH3 is 2. The summed E-state index contributed by atoms with van der Waals surface area (Å²) in [4.78, 5) is 9.00. The lowest BCUT2D eigenvalue weighted by Crippen LogP contribution is -2.38. The second-order valence-electron chi connectivity index (χ2n) is 6.88. The number of carboxylic acids is 1. The molecular formula is C20H28O4. The van der Waals surface area contributed by atoms with Crippen LogP contribution in [0.5, 0.6) is 0 Å². The van der Waals surface area contributed by atoms with Gasteiger partial charge < -0.3 is 14.6 Å². The molecule has 0 radical (unpaired) electrons. The molecule has 1 fully saturated rings. The maximum absolute atomic E-state index is 9.00. The lowest BCUT2D eigenvalue weighted by molar-refractivity contribution is -0.134. The number of rotatable bonds is 5. The molecular weight excluding hydrogens is 304 g/mol. The quantitative estimate of drug-likeness (QED) is 0.755. The van der Waals surface area contributed by atoms with Gasteiger partial charge in [-0.15, -0.1) is 6.58 Å². The van der Waals surface area contributed by atoms with Crippen LogP contribution in [0.4, 0.5) is 0 Å². The van der Waals surface area contributed by atoms with Gasteiger partial charge in [0.25, 0.3) is 5.97 Å². The third kappa shape index (κ3) is 3.28. The summed E-state index contributed by atoms with van der Waals surface area (Å²) >= 11 is 0. The van der Waals surface area contributed by atoms with E-state index < -0.39 is 5.97 Å². The molecule has 3 unspecified atom stereocenters. The average molecular weight is 332 g/mol. The van der Waals surface area contributed by atoms with E-state index in [1.807, 2.05) is 0 Å². The largest absolute Gasteiger partial charge is 0.493 e. The fourth-order valence-electron chi connectivity index (χ4n) is 4.42. The molecule has 0 aromatic heterocycles. The van der Waals surface area contributed by atoms with E-state index in [4.69, 9.17) is 19.4 Å². The lowest BCUT2D eigenvalue weighted by atomic mass is 9.58. The Labute approximate surface area is 144 Å². The minimum atomic E-state index is -0.833. The van der Waals surface area contributed by atoms with Crippen molar-refractivity contribution in [2.75, 3.05) is 14.2 Å². The highest BCUT2D eigenvalue weighted by Gasteiger charge is 2.54. The Morgan fingerprint density at radius 1 is 1.42 bits per heavy atom. The van der Waals surface area contributed by atoms with Gasteiger partial charge in [0.1, 0.15) is 0 Å². The molecule has 0 amide bonds. The summed E-state index contributed by atoms with van der Waals surface area (Å²) in [7, 11) is 3.43. The van der Waals surface area contributed by atoms with E-state index in [1.54, 1.807) is 14.2 Å². The maximum atomic E-state index is 9.00. The van der Waals surface area contributed by atoms with Crippen LogP contribution in [-0.4, -0.2) is 25.3 Å². The van der Waals surface area contributed by atoms with E-state index in [0.29, 0.717) is 0 Å². The fourth-order valence-corrected chi connectivity index (χ4v) is 4.42. The van der Waals surface area contributed by atoms with Gasteiger partial charge in [0.2, 0.25) is 0 Å². The number of carbonyl (C=O) groups is 1. The van der Waals surface area contributed by atoms with Gasteiger partial charge in [0.05, 0.1) is 14.2 Å². The first-order valence-corrected chi connectivity index (χ1v) is 8.43. The zero-order valence-electron chi connectivity index (χ0n) is 14.9. The van der Waals surface area contributed by atoms with Crippen molar-refractivity contribution in [3.63, 3.8) is 0 Å². The second-order valence-corrected chi connectivity index (χ2v) is 6.88. The van der Waals surface area contributed by atoms with E-state index in [1.165, 1.54) is 19.3 Å². The Bertz CT molecular complexity index is 582. The number of fused-ring (bicyclic) bond motifs is 2. The molecule has 1 N–H and O–H groups in total. The first-order chi connectivity index (χ1) is 11.4. The average Bonchev–Trinajstić information content (AvgIpc) is 3.17. The van der Waals surface area contributed by atoms with Crippen LogP contribution >= 0.6 is 0 Å². The highest BCUT2D eigenvalue weighted by molar-refractivity contribution is 5.62. The highest BCUT2D eigenvalue weighted by Crippen LogP contribution is 2.63. The van der Waals surface area contributed by atoms with Crippen molar-refractivity contribution in [2.24, 2.45) is 16.7 Å². The minimum absolute atomic E-state index is 0.101. The Balaban J connectivity index is 0.000000471. The Hall–Kier alpha value is -1.97. The summed E-state index contributed by atoms with van der Waals surface area (Å²) in [5, 5.41) is 7.42. The van der Waals surface area contributed by atoms with Crippen molar-refractivity contribution in [1.29, 1.82) is 0 Å². The fraction of sp³-hybridized carbons (Fsp3) is 0.550. The number of hydrogen-bond donors (Lipinski definition) is 1. The van der Waals surface area contributed by atoms with Crippen molar-refractivity contribution in [3.05, 3.63) is 48.5 Å². The molecule has 0 aliphatic heterocycles. The van der Waals surface area contributed by atoms with Crippen LogP contribution in [0, 0.1) is 16.7 Å². The summed E-state index contributed by atoms with van der Waals surface area (Å²) in [5.41, 5.74) is 0.384. The van der Waals surface area contributed by atoms with Gasteiger partial charge >= 0.3 is 0 Å². The predicted molar refractivity (Wildman–Crippen MR) is 94.3 cm³/mol. The molecule has 24 heavy (non-hydrogen) atoms. The first-order valence-electron chi connectivity index (χ1n) is 8.43. The molecule has 0 aromatic carbocycles. The van der Waals surface area contributed by atoms with Crippen LogP contribution in [-0.2, 0) is 14.3 Å². The molecule has 4 nitrogen and oxygen atoms in total. The molecule has 3 aliphatic carbocycles. The van der Waals surface area contributed by atoms with E-state index in [2.05, 4.69) is 37.0 Å². The molecule has 0 aromatic rings. The Morgan fingerprint density at radius 2 is 2.08 bits per heavy atom. The molecule has 0 saturated heterocycles. The monoisotopic (exact) mass is 332 g/mol. The van der Waals surface area contributed by atoms with Gasteiger partial charge in [0.15, 0.2) is 11.5 Å². The molecule has 1 saturated carbocycles. The molecule has 0 spiro atoms. The highest BCUT2D eigenvalue weighted by atomic mass is 16.5. The first kappa shape index (κ1) is 18.4. The smallest absolute Gasteiger partial charge is 0.300 e. The Morgan fingerprint density at radius 3 is 2.50 bits per heavy atom. The normalized spacial score (nSPS) is 33.0. The van der Waals surface area contributed by atoms with Crippen molar-refractivity contribution < 1.29 is 19.4 Å². The van der Waals surface area contributed by atoms with Crippen molar-refractivity contribution >= 4 is 5.97 Å². The number of carboxylic acid groups (broad SMARTS) is 1. The van der Waals surface area contributed by atoms with Crippen LogP contribution in [0.2, 0.25) is 0 Å². The van der Waals surface area contributed by atoms with Crippen molar-refractivity contribution in [1.82, 2.24) is 0 Å². The maximum Gasteiger partial charge on any atom is 0.300 e. The van der Waals surface area contributed by atoms with Crippen LogP contribution in [0.1, 0.15) is 39.0 Å². The standard InChI is InChI=1S/C18H24O2.C2H4O2/c1-4-8-17(18-9-5-14(12-18)6-10-18)11-7-15(19-2)16(13-17)20-3;1-2(3)4/h4-5,7,9,13-14H,1,6,8,10-12H2,2-3H3;1H3,(H,3,4). The van der Waals surface area contributed by atoms with E-state index in [-0.39, 0.29) is 10.8 Å². The summed E-state index contributed by atoms with van der Waals surface area (Å²) in [6.07, 6.45) is 17.3. The zero-order valence-corrected chi connectivity index (χ0v) is 14.9. The molecule has 3 rings (SSSR count). The molecule has 4 heteroatoms. The molecule has 3 aliphatic rings. The van der Waals surface area contributed by atoms with Crippen LogP contribution in [0.15, 0.2) is 48.5 Å². The minimum Gasteiger partial charge on any atom is -0.493 e. The summed E-state index contributed by atoms with van der Waals surface area (Å²) in [6, 6.07) is 0. The van der Waals surface area contributed by atoms with Gasteiger partial charge in [-0.2, -0.15) is 0 Å². The van der Waals surface area contributed by atoms with Gasteiger partial charge in [0, 0.05) is 12.3 Å². The third-order valence-corrected chi connectivity index (χ3v) is 5.52. The lowest BCUT2D eigenvalue weighted by Gasteiger charge is -2.46. The summed E-state index contributed by atoms with van der Waals surface area (Å²) in [5.74, 6) is 1.68. The number of aliphatic carboxylic acids is 1.